The van der Waals surface area contributed by atoms with Crippen LogP contribution in [-0.2, 0) is 9.59 Å². The van der Waals surface area contributed by atoms with Gasteiger partial charge < -0.3 is 5.32 Å². The quantitative estimate of drug-likeness (QED) is 0.607. The Labute approximate surface area is 69.5 Å². The fraction of sp³-hybridized carbons (Fsp3) is 0.111. The first-order chi connectivity index (χ1) is 5.68. The molecule has 0 atom stereocenters. The number of ketones is 1. The van der Waals surface area contributed by atoms with Gasteiger partial charge in [-0.05, 0) is 12.2 Å². The Morgan fingerprint density at radius 2 is 2.17 bits per heavy atom. The van der Waals surface area contributed by atoms with Crippen LogP contribution in [-0.4, -0.2) is 11.7 Å². The molecule has 3 nitrogen and oxygen atoms in total. The van der Waals surface area contributed by atoms with Crippen LogP contribution in [0.15, 0.2) is 35.1 Å². The standard InChI is InChI=1S/C9H7NO2/c1-5(11)10-8-4-6-2-3-7(8)9(6)12/h2-4H,1H3,(H,10,11). The number of Topliss-reactive ketones (excluding diaryl/α,β-unsaturated/α-hetero) is 1. The minimum Gasteiger partial charge on any atom is -0.326 e. The highest BCUT2D eigenvalue weighted by atomic mass is 16.1. The fourth-order valence-electron chi connectivity index (χ4n) is 1.33. The summed E-state index contributed by atoms with van der Waals surface area (Å²) in [7, 11) is 0. The van der Waals surface area contributed by atoms with E-state index in [1.165, 1.54) is 6.92 Å². The lowest BCUT2D eigenvalue weighted by molar-refractivity contribution is -0.118. The van der Waals surface area contributed by atoms with E-state index in [4.69, 9.17) is 0 Å². The second kappa shape index (κ2) is 2.17. The van der Waals surface area contributed by atoms with Gasteiger partial charge in [-0.1, -0.05) is 6.08 Å². The summed E-state index contributed by atoms with van der Waals surface area (Å²) in [6, 6.07) is 0. The first kappa shape index (κ1) is 7.03. The molecule has 1 N–H and O–H groups in total. The molecule has 0 radical (unpaired) electrons. The summed E-state index contributed by atoms with van der Waals surface area (Å²) in [6.45, 7) is 1.42. The zero-order chi connectivity index (χ0) is 8.72. The van der Waals surface area contributed by atoms with Gasteiger partial charge in [-0.15, -0.1) is 0 Å². The Hall–Kier alpha value is -1.64. The Morgan fingerprint density at radius 1 is 1.42 bits per heavy atom. The lowest BCUT2D eigenvalue weighted by Gasteiger charge is -2.01. The normalized spacial score (nSPS) is 18.8. The molecule has 0 aromatic heterocycles. The molecule has 2 rings (SSSR count). The third-order valence-electron chi connectivity index (χ3n) is 1.84. The molecule has 0 fully saturated rings. The number of allylic oxidation sites excluding steroid dienone is 5. The molecule has 2 aliphatic carbocycles. The average molecular weight is 161 g/mol. The van der Waals surface area contributed by atoms with Gasteiger partial charge in [-0.2, -0.15) is 0 Å². The van der Waals surface area contributed by atoms with Gasteiger partial charge >= 0.3 is 0 Å². The van der Waals surface area contributed by atoms with Gasteiger partial charge in [-0.25, -0.2) is 0 Å². The summed E-state index contributed by atoms with van der Waals surface area (Å²) in [6.07, 6.45) is 5.17. The Balaban J connectivity index is 2.36. The van der Waals surface area contributed by atoms with Gasteiger partial charge in [0.2, 0.25) is 5.91 Å². The summed E-state index contributed by atoms with van der Waals surface area (Å²) < 4.78 is 0. The Morgan fingerprint density at radius 3 is 2.58 bits per heavy atom. The lowest BCUT2D eigenvalue weighted by Crippen LogP contribution is -2.18. The molecule has 0 saturated heterocycles. The first-order valence-electron chi connectivity index (χ1n) is 3.65. The van der Waals surface area contributed by atoms with E-state index in [9.17, 15) is 9.59 Å². The molecule has 0 aromatic rings. The zero-order valence-electron chi connectivity index (χ0n) is 6.55. The average Bonchev–Trinajstić information content (AvgIpc) is 2.44. The number of hydrogen-bond acceptors (Lipinski definition) is 2. The van der Waals surface area contributed by atoms with Crippen molar-refractivity contribution < 1.29 is 9.59 Å². The zero-order valence-corrected chi connectivity index (χ0v) is 6.55. The van der Waals surface area contributed by atoms with Gasteiger partial charge in [0.25, 0.3) is 0 Å². The predicted molar refractivity (Wildman–Crippen MR) is 43.1 cm³/mol. The van der Waals surface area contributed by atoms with E-state index in [1.807, 2.05) is 0 Å². The molecule has 0 aliphatic heterocycles. The second-order valence-electron chi connectivity index (χ2n) is 2.77. The largest absolute Gasteiger partial charge is 0.326 e. The molecule has 2 bridgehead atoms. The van der Waals surface area contributed by atoms with Crippen LogP contribution in [0.5, 0.6) is 0 Å². The number of rotatable bonds is 1. The van der Waals surface area contributed by atoms with Gasteiger partial charge in [0.05, 0.1) is 5.70 Å². The molecule has 0 aromatic carbocycles. The highest BCUT2D eigenvalue weighted by molar-refractivity contribution is 6.19. The highest BCUT2D eigenvalue weighted by Crippen LogP contribution is 2.28. The van der Waals surface area contributed by atoms with Gasteiger partial charge in [0, 0.05) is 18.1 Å². The molecule has 0 spiro atoms. The molecular formula is C9H7NO2. The van der Waals surface area contributed by atoms with Crippen molar-refractivity contribution in [3.63, 3.8) is 0 Å². The van der Waals surface area contributed by atoms with Crippen LogP contribution in [0.4, 0.5) is 0 Å². The maximum Gasteiger partial charge on any atom is 0.221 e. The molecule has 1 amide bonds. The monoisotopic (exact) mass is 161 g/mol. The number of carbonyl (C=O) groups excluding carboxylic acids is 2. The van der Waals surface area contributed by atoms with Crippen molar-refractivity contribution in [2.24, 2.45) is 0 Å². The second-order valence-corrected chi connectivity index (χ2v) is 2.77. The predicted octanol–water partition coefficient (Wildman–Crippen LogP) is 0.456. The topological polar surface area (TPSA) is 46.2 Å². The number of carbonyl (C=O) groups is 2. The SMILES string of the molecule is CC(=O)NC1=C2C=CC(=C1)C2=O. The van der Waals surface area contributed by atoms with Crippen LogP contribution in [0.25, 0.3) is 0 Å². The van der Waals surface area contributed by atoms with Gasteiger partial charge in [0.1, 0.15) is 0 Å². The summed E-state index contributed by atoms with van der Waals surface area (Å²) in [5.74, 6) is -0.137. The van der Waals surface area contributed by atoms with Crippen LogP contribution in [0, 0.1) is 0 Å². The molecule has 2 aliphatic rings. The lowest BCUT2D eigenvalue weighted by atomic mass is 10.2. The minimum atomic E-state index is -0.150. The molecule has 0 heterocycles. The van der Waals surface area contributed by atoms with E-state index in [1.54, 1.807) is 18.2 Å². The van der Waals surface area contributed by atoms with Crippen LogP contribution >= 0.6 is 0 Å². The number of fused-ring (bicyclic) bond motifs is 2. The fourth-order valence-corrected chi connectivity index (χ4v) is 1.33. The van der Waals surface area contributed by atoms with Crippen molar-refractivity contribution in [2.45, 2.75) is 6.92 Å². The molecule has 60 valence electrons. The van der Waals surface area contributed by atoms with E-state index in [0.29, 0.717) is 16.8 Å². The van der Waals surface area contributed by atoms with Crippen LogP contribution in [0.2, 0.25) is 0 Å². The van der Waals surface area contributed by atoms with Crippen molar-refractivity contribution in [1.82, 2.24) is 5.32 Å². The molecule has 3 heteroatoms. The number of nitrogens with one attached hydrogen (secondary N) is 1. The molecule has 12 heavy (non-hydrogen) atoms. The van der Waals surface area contributed by atoms with E-state index in [-0.39, 0.29) is 11.7 Å². The van der Waals surface area contributed by atoms with E-state index in [2.05, 4.69) is 5.32 Å². The van der Waals surface area contributed by atoms with Gasteiger partial charge in [0.15, 0.2) is 5.78 Å². The molecular weight excluding hydrogens is 154 g/mol. The summed E-state index contributed by atoms with van der Waals surface area (Å²) in [5.41, 5.74) is 1.89. The maximum atomic E-state index is 11.2. The van der Waals surface area contributed by atoms with Crippen LogP contribution in [0.1, 0.15) is 6.92 Å². The molecule has 0 unspecified atom stereocenters. The third kappa shape index (κ3) is 0.830. The Bertz CT molecular complexity index is 372. The summed E-state index contributed by atoms with van der Waals surface area (Å²) >= 11 is 0. The minimum absolute atomic E-state index is 0.0127. The van der Waals surface area contributed by atoms with Crippen molar-refractivity contribution in [3.05, 3.63) is 35.1 Å². The first-order valence-corrected chi connectivity index (χ1v) is 3.65. The number of hydrogen-bond donors (Lipinski definition) is 1. The maximum absolute atomic E-state index is 11.2. The molecule has 0 saturated carbocycles. The van der Waals surface area contributed by atoms with E-state index in [0.717, 1.165) is 0 Å². The Kier molecular flexibility index (Phi) is 1.27. The van der Waals surface area contributed by atoms with Crippen molar-refractivity contribution in [1.29, 1.82) is 0 Å². The van der Waals surface area contributed by atoms with Crippen molar-refractivity contribution >= 4 is 11.7 Å². The highest BCUT2D eigenvalue weighted by Gasteiger charge is 2.27. The summed E-state index contributed by atoms with van der Waals surface area (Å²) in [4.78, 5) is 21.9. The smallest absolute Gasteiger partial charge is 0.221 e. The van der Waals surface area contributed by atoms with Crippen molar-refractivity contribution in [3.8, 4) is 0 Å². The van der Waals surface area contributed by atoms with Gasteiger partial charge in [-0.3, -0.25) is 9.59 Å². The summed E-state index contributed by atoms with van der Waals surface area (Å²) in [5, 5.41) is 2.60. The van der Waals surface area contributed by atoms with Crippen molar-refractivity contribution in [2.75, 3.05) is 0 Å². The van der Waals surface area contributed by atoms with E-state index >= 15 is 0 Å². The number of amides is 1. The third-order valence-corrected chi connectivity index (χ3v) is 1.84. The van der Waals surface area contributed by atoms with Crippen LogP contribution in [0.3, 0.4) is 0 Å². The van der Waals surface area contributed by atoms with E-state index < -0.39 is 0 Å². The van der Waals surface area contributed by atoms with Crippen LogP contribution < -0.4 is 5.32 Å².